The van der Waals surface area contributed by atoms with Crippen molar-refractivity contribution < 1.29 is 5.11 Å². The molecule has 1 unspecified atom stereocenters. The molecule has 0 bridgehead atoms. The number of hydrogen-bond donors (Lipinski definition) is 3. The number of benzene rings is 2. The number of para-hydroxylation sites is 1. The molecule has 0 aliphatic heterocycles. The van der Waals surface area contributed by atoms with Gasteiger partial charge in [0.05, 0.1) is 23.4 Å². The van der Waals surface area contributed by atoms with E-state index in [0.717, 1.165) is 35.0 Å². The zero-order chi connectivity index (χ0) is 13.5. The first-order chi connectivity index (χ1) is 9.83. The second-order valence-corrected chi connectivity index (χ2v) is 5.22. The van der Waals surface area contributed by atoms with Crippen LogP contribution in [0, 0.1) is 0 Å². The fourth-order valence-corrected chi connectivity index (χ4v) is 3.06. The summed E-state index contributed by atoms with van der Waals surface area (Å²) < 4.78 is 0. The van der Waals surface area contributed by atoms with Gasteiger partial charge in [-0.2, -0.15) is 5.10 Å². The van der Waals surface area contributed by atoms with Crippen molar-refractivity contribution in [3.8, 4) is 5.75 Å². The fourth-order valence-electron chi connectivity index (χ4n) is 3.06. The first-order valence-corrected chi connectivity index (χ1v) is 6.82. The normalized spacial score (nSPS) is 17.3. The van der Waals surface area contributed by atoms with Gasteiger partial charge in [0.25, 0.3) is 0 Å². The monoisotopic (exact) mass is 265 g/mol. The van der Waals surface area contributed by atoms with Crippen molar-refractivity contribution in [2.24, 2.45) is 0 Å². The van der Waals surface area contributed by atoms with E-state index in [1.165, 1.54) is 5.56 Å². The first-order valence-electron chi connectivity index (χ1n) is 6.82. The Balaban J connectivity index is 1.72. The summed E-state index contributed by atoms with van der Waals surface area (Å²) in [5.41, 5.74) is 4.35. The van der Waals surface area contributed by atoms with Gasteiger partial charge in [-0.15, -0.1) is 0 Å². The van der Waals surface area contributed by atoms with Crippen LogP contribution in [-0.2, 0) is 6.42 Å². The Kier molecular flexibility index (Phi) is 2.42. The highest BCUT2D eigenvalue weighted by atomic mass is 16.3. The SMILES string of the molecule is Oc1cccc2c1CCC2Nc1cccc2cn[nH]c12. The maximum absolute atomic E-state index is 9.91. The average Bonchev–Trinajstić information content (AvgIpc) is 3.07. The van der Waals surface area contributed by atoms with Gasteiger partial charge in [0.1, 0.15) is 5.75 Å². The molecule has 20 heavy (non-hydrogen) atoms. The number of nitrogens with one attached hydrogen (secondary N) is 2. The van der Waals surface area contributed by atoms with Gasteiger partial charge in [-0.05, 0) is 36.1 Å². The fraction of sp³-hybridized carbons (Fsp3) is 0.188. The molecule has 1 atom stereocenters. The highest BCUT2D eigenvalue weighted by Gasteiger charge is 2.24. The van der Waals surface area contributed by atoms with Gasteiger partial charge in [-0.3, -0.25) is 5.10 Å². The number of fused-ring (bicyclic) bond motifs is 2. The molecule has 0 spiro atoms. The summed E-state index contributed by atoms with van der Waals surface area (Å²) in [6.07, 6.45) is 3.74. The molecule has 4 rings (SSSR count). The molecule has 4 nitrogen and oxygen atoms in total. The van der Waals surface area contributed by atoms with E-state index in [2.05, 4.69) is 27.6 Å². The molecule has 4 heteroatoms. The lowest BCUT2D eigenvalue weighted by atomic mass is 10.1. The predicted molar refractivity (Wildman–Crippen MR) is 78.9 cm³/mol. The maximum Gasteiger partial charge on any atom is 0.119 e. The van der Waals surface area contributed by atoms with Gasteiger partial charge in [-0.1, -0.05) is 24.3 Å². The van der Waals surface area contributed by atoms with E-state index >= 15 is 0 Å². The summed E-state index contributed by atoms with van der Waals surface area (Å²) in [5.74, 6) is 0.409. The second kappa shape index (κ2) is 4.27. The lowest BCUT2D eigenvalue weighted by molar-refractivity contribution is 0.469. The zero-order valence-corrected chi connectivity index (χ0v) is 10.9. The third-order valence-electron chi connectivity index (χ3n) is 4.05. The number of hydrogen-bond acceptors (Lipinski definition) is 3. The molecule has 2 aromatic carbocycles. The number of aromatic nitrogens is 2. The number of phenols is 1. The Morgan fingerprint density at radius 1 is 1.20 bits per heavy atom. The third-order valence-corrected chi connectivity index (χ3v) is 4.05. The van der Waals surface area contributed by atoms with Gasteiger partial charge in [0, 0.05) is 5.39 Å². The van der Waals surface area contributed by atoms with Crippen LogP contribution < -0.4 is 5.32 Å². The molecular formula is C16H15N3O. The van der Waals surface area contributed by atoms with Crippen molar-refractivity contribution in [1.82, 2.24) is 10.2 Å². The number of rotatable bonds is 2. The lowest BCUT2D eigenvalue weighted by Crippen LogP contribution is -2.07. The molecule has 1 aliphatic carbocycles. The van der Waals surface area contributed by atoms with Gasteiger partial charge < -0.3 is 10.4 Å². The summed E-state index contributed by atoms with van der Waals surface area (Å²) in [6, 6.07) is 12.1. The van der Waals surface area contributed by atoms with Crippen molar-refractivity contribution in [3.63, 3.8) is 0 Å². The van der Waals surface area contributed by atoms with E-state index in [4.69, 9.17) is 0 Å². The van der Waals surface area contributed by atoms with E-state index in [-0.39, 0.29) is 6.04 Å². The Bertz CT molecular complexity index is 778. The maximum atomic E-state index is 9.91. The molecular weight excluding hydrogens is 250 g/mol. The van der Waals surface area contributed by atoms with E-state index in [9.17, 15) is 5.11 Å². The second-order valence-electron chi connectivity index (χ2n) is 5.22. The Labute approximate surface area is 116 Å². The van der Waals surface area contributed by atoms with Crippen LogP contribution in [-0.4, -0.2) is 15.3 Å². The van der Waals surface area contributed by atoms with E-state index < -0.39 is 0 Å². The summed E-state index contributed by atoms with van der Waals surface area (Å²) in [6.45, 7) is 0. The molecule has 0 radical (unpaired) electrons. The molecule has 0 fully saturated rings. The first kappa shape index (κ1) is 11.3. The summed E-state index contributed by atoms with van der Waals surface area (Å²) in [7, 11) is 0. The third kappa shape index (κ3) is 1.65. The van der Waals surface area contributed by atoms with Gasteiger partial charge >= 0.3 is 0 Å². The van der Waals surface area contributed by atoms with Crippen molar-refractivity contribution in [3.05, 3.63) is 53.7 Å². The number of nitrogens with zero attached hydrogens (tertiary/aromatic N) is 1. The minimum atomic E-state index is 0.242. The summed E-state index contributed by atoms with van der Waals surface area (Å²) in [5, 5.41) is 21.7. The van der Waals surface area contributed by atoms with Crippen LogP contribution in [0.1, 0.15) is 23.6 Å². The molecule has 1 heterocycles. The largest absolute Gasteiger partial charge is 0.508 e. The van der Waals surface area contributed by atoms with E-state index in [1.807, 2.05) is 24.4 Å². The molecule has 3 N–H and O–H groups in total. The Morgan fingerprint density at radius 3 is 3.05 bits per heavy atom. The van der Waals surface area contributed by atoms with Gasteiger partial charge in [0.15, 0.2) is 0 Å². The summed E-state index contributed by atoms with van der Waals surface area (Å²) in [4.78, 5) is 0. The molecule has 0 amide bonds. The number of aromatic amines is 1. The van der Waals surface area contributed by atoms with Crippen LogP contribution in [0.25, 0.3) is 10.9 Å². The van der Waals surface area contributed by atoms with Crippen LogP contribution in [0.3, 0.4) is 0 Å². The van der Waals surface area contributed by atoms with Crippen molar-refractivity contribution in [2.45, 2.75) is 18.9 Å². The number of phenolic OH excluding ortho intramolecular Hbond substituents is 1. The lowest BCUT2D eigenvalue weighted by Gasteiger charge is -2.16. The van der Waals surface area contributed by atoms with Crippen molar-refractivity contribution >= 4 is 16.6 Å². The van der Waals surface area contributed by atoms with E-state index in [1.54, 1.807) is 6.07 Å². The van der Waals surface area contributed by atoms with Gasteiger partial charge in [-0.25, -0.2) is 0 Å². The highest BCUT2D eigenvalue weighted by molar-refractivity contribution is 5.90. The molecule has 3 aromatic rings. The zero-order valence-electron chi connectivity index (χ0n) is 10.9. The minimum absolute atomic E-state index is 0.242. The van der Waals surface area contributed by atoms with Crippen molar-refractivity contribution in [2.75, 3.05) is 5.32 Å². The molecule has 100 valence electrons. The molecule has 1 aliphatic rings. The van der Waals surface area contributed by atoms with Crippen molar-refractivity contribution in [1.29, 1.82) is 0 Å². The van der Waals surface area contributed by atoms with E-state index in [0.29, 0.717) is 5.75 Å². The Morgan fingerprint density at radius 2 is 2.10 bits per heavy atom. The number of aromatic hydroxyl groups is 1. The topological polar surface area (TPSA) is 60.9 Å². The number of H-pyrrole nitrogens is 1. The molecule has 1 aromatic heterocycles. The average molecular weight is 265 g/mol. The van der Waals surface area contributed by atoms with Crippen LogP contribution in [0.2, 0.25) is 0 Å². The number of anilines is 1. The van der Waals surface area contributed by atoms with Crippen LogP contribution in [0.4, 0.5) is 5.69 Å². The molecule has 0 saturated carbocycles. The summed E-state index contributed by atoms with van der Waals surface area (Å²) >= 11 is 0. The molecule has 0 saturated heterocycles. The smallest absolute Gasteiger partial charge is 0.119 e. The van der Waals surface area contributed by atoms with Gasteiger partial charge in [0.2, 0.25) is 0 Å². The highest BCUT2D eigenvalue weighted by Crippen LogP contribution is 2.38. The minimum Gasteiger partial charge on any atom is -0.508 e. The predicted octanol–water partition coefficient (Wildman–Crippen LogP) is 3.37. The van der Waals surface area contributed by atoms with Crippen LogP contribution >= 0.6 is 0 Å². The Hall–Kier alpha value is -2.49. The van der Waals surface area contributed by atoms with Crippen LogP contribution in [0.15, 0.2) is 42.6 Å². The quantitative estimate of drug-likeness (QED) is 0.665. The van der Waals surface area contributed by atoms with Crippen LogP contribution in [0.5, 0.6) is 5.75 Å². The standard InChI is InChI=1S/C16H15N3O/c20-15-6-2-4-11-12(15)7-8-13(11)18-14-5-1-3-10-9-17-19-16(10)14/h1-6,9,13,18,20H,7-8H2,(H,17,19).